The minimum absolute atomic E-state index is 0.424. The molecule has 0 aromatic heterocycles. The van der Waals surface area contributed by atoms with E-state index < -0.39 is 0 Å². The molecule has 18 heavy (non-hydrogen) atoms. The van der Waals surface area contributed by atoms with Crippen LogP contribution in [-0.2, 0) is 4.74 Å². The van der Waals surface area contributed by atoms with Gasteiger partial charge in [0.2, 0.25) is 0 Å². The molecule has 0 amide bonds. The first-order valence-corrected chi connectivity index (χ1v) is 7.94. The third-order valence-electron chi connectivity index (χ3n) is 4.42. The predicted octanol–water partition coefficient (Wildman–Crippen LogP) is 4.09. The Morgan fingerprint density at radius 1 is 1.06 bits per heavy atom. The van der Waals surface area contributed by atoms with Gasteiger partial charge in [0.25, 0.3) is 0 Å². The van der Waals surface area contributed by atoms with Crippen molar-refractivity contribution in [3.8, 4) is 0 Å². The van der Waals surface area contributed by atoms with E-state index in [1.54, 1.807) is 0 Å². The summed E-state index contributed by atoms with van der Waals surface area (Å²) in [4.78, 5) is 2.52. The number of hydrogen-bond acceptors (Lipinski definition) is 2. The summed E-state index contributed by atoms with van der Waals surface area (Å²) in [5.74, 6) is 0. The summed E-state index contributed by atoms with van der Waals surface area (Å²) in [6.45, 7) is 14.0. The summed E-state index contributed by atoms with van der Waals surface area (Å²) in [5.41, 5.74) is 0.424. The Bertz CT molecular complexity index is 209. The average molecular weight is 255 g/mol. The molecule has 0 radical (unpaired) electrons. The van der Waals surface area contributed by atoms with Crippen LogP contribution in [0.3, 0.4) is 0 Å². The zero-order valence-corrected chi connectivity index (χ0v) is 13.0. The van der Waals surface area contributed by atoms with Crippen molar-refractivity contribution < 1.29 is 4.74 Å². The molecule has 0 N–H and O–H groups in total. The molecule has 0 bridgehead atoms. The molecule has 2 aliphatic rings. The molecule has 0 aromatic carbocycles. The quantitative estimate of drug-likeness (QED) is 0.737. The van der Waals surface area contributed by atoms with Crippen molar-refractivity contribution in [3.05, 3.63) is 0 Å². The number of nitrogens with zero attached hydrogens (tertiary/aromatic N) is 1. The van der Waals surface area contributed by atoms with Crippen molar-refractivity contribution in [1.82, 2.24) is 4.90 Å². The molecule has 0 spiro atoms. The second-order valence-corrected chi connectivity index (χ2v) is 6.35. The Kier molecular flexibility index (Phi) is 7.25. The molecule has 2 heterocycles. The maximum Gasteiger partial charge on any atom is 0.0623 e. The summed E-state index contributed by atoms with van der Waals surface area (Å²) in [7, 11) is 0. The average Bonchev–Trinajstić information content (AvgIpc) is 2.40. The lowest BCUT2D eigenvalue weighted by Crippen LogP contribution is -2.35. The van der Waals surface area contributed by atoms with Crippen LogP contribution in [0.25, 0.3) is 0 Å². The molecule has 2 nitrogen and oxygen atoms in total. The molecule has 0 aliphatic carbocycles. The van der Waals surface area contributed by atoms with Gasteiger partial charge in [-0.15, -0.1) is 0 Å². The second kappa shape index (κ2) is 8.16. The third-order valence-corrected chi connectivity index (χ3v) is 4.42. The van der Waals surface area contributed by atoms with Crippen LogP contribution < -0.4 is 0 Å². The van der Waals surface area contributed by atoms with E-state index in [4.69, 9.17) is 4.74 Å². The van der Waals surface area contributed by atoms with Gasteiger partial charge in [0, 0.05) is 6.61 Å². The van der Waals surface area contributed by atoms with Crippen LogP contribution in [0, 0.1) is 5.41 Å². The van der Waals surface area contributed by atoms with Gasteiger partial charge >= 0.3 is 0 Å². The van der Waals surface area contributed by atoms with Crippen LogP contribution in [0.2, 0.25) is 0 Å². The second-order valence-electron chi connectivity index (χ2n) is 6.35. The van der Waals surface area contributed by atoms with Crippen molar-refractivity contribution in [3.63, 3.8) is 0 Å². The number of hydrogen-bond donors (Lipinski definition) is 0. The Morgan fingerprint density at radius 3 is 2.11 bits per heavy atom. The van der Waals surface area contributed by atoms with Crippen molar-refractivity contribution >= 4 is 0 Å². The fourth-order valence-corrected chi connectivity index (χ4v) is 3.09. The maximum absolute atomic E-state index is 5.64. The fraction of sp³-hybridized carbons (Fsp3) is 1.00. The van der Waals surface area contributed by atoms with Crippen LogP contribution in [0.1, 0.15) is 66.2 Å². The Labute approximate surface area is 114 Å². The van der Waals surface area contributed by atoms with E-state index in [2.05, 4.69) is 32.6 Å². The van der Waals surface area contributed by atoms with Crippen LogP contribution in [0.4, 0.5) is 0 Å². The van der Waals surface area contributed by atoms with E-state index in [-0.39, 0.29) is 0 Å². The largest absolute Gasteiger partial charge is 0.378 e. The molecule has 0 saturated carbocycles. The summed E-state index contributed by atoms with van der Waals surface area (Å²) in [6, 6.07) is 0. The van der Waals surface area contributed by atoms with Gasteiger partial charge in [-0.1, -0.05) is 34.1 Å². The van der Waals surface area contributed by atoms with Gasteiger partial charge < -0.3 is 9.64 Å². The molecule has 2 aliphatic heterocycles. The van der Waals surface area contributed by atoms with E-state index in [0.29, 0.717) is 11.5 Å². The zero-order valence-electron chi connectivity index (χ0n) is 13.0. The molecule has 2 fully saturated rings. The van der Waals surface area contributed by atoms with Crippen LogP contribution in [-0.4, -0.2) is 37.2 Å². The highest BCUT2D eigenvalue weighted by molar-refractivity contribution is 4.81. The summed E-state index contributed by atoms with van der Waals surface area (Å²) in [6.07, 6.45) is 8.53. The van der Waals surface area contributed by atoms with Gasteiger partial charge in [-0.2, -0.15) is 0 Å². The fourth-order valence-electron chi connectivity index (χ4n) is 3.09. The van der Waals surface area contributed by atoms with Crippen LogP contribution in [0.5, 0.6) is 0 Å². The Hall–Kier alpha value is -0.0800. The van der Waals surface area contributed by atoms with E-state index >= 15 is 0 Å². The van der Waals surface area contributed by atoms with Crippen molar-refractivity contribution in [2.45, 2.75) is 72.3 Å². The molecule has 0 unspecified atom stereocenters. The SMILES string of the molecule is CCN1CCCCC1.CC[C@@H]1OCCCC1(C)C. The van der Waals surface area contributed by atoms with Gasteiger partial charge in [0.05, 0.1) is 6.10 Å². The number of ether oxygens (including phenoxy) is 1. The summed E-state index contributed by atoms with van der Waals surface area (Å²) in [5, 5.41) is 0. The highest BCUT2D eigenvalue weighted by Gasteiger charge is 2.31. The van der Waals surface area contributed by atoms with E-state index in [0.717, 1.165) is 13.0 Å². The minimum Gasteiger partial charge on any atom is -0.378 e. The lowest BCUT2D eigenvalue weighted by atomic mass is 9.79. The lowest BCUT2D eigenvalue weighted by molar-refractivity contribution is -0.0685. The van der Waals surface area contributed by atoms with Gasteiger partial charge in [-0.05, 0) is 57.2 Å². The zero-order chi connectivity index (χ0) is 13.4. The molecule has 0 aromatic rings. The first-order valence-electron chi connectivity index (χ1n) is 7.94. The van der Waals surface area contributed by atoms with Crippen molar-refractivity contribution in [2.24, 2.45) is 5.41 Å². The highest BCUT2D eigenvalue weighted by atomic mass is 16.5. The standard InChI is InChI=1S/C9H18O.C7H15N/c1-4-8-9(2,3)6-5-7-10-8;1-2-8-6-4-3-5-7-8/h8H,4-7H2,1-3H3;2-7H2,1H3/t8-;/m0./s1. The van der Waals surface area contributed by atoms with Crippen LogP contribution >= 0.6 is 0 Å². The van der Waals surface area contributed by atoms with Gasteiger partial charge in [-0.3, -0.25) is 0 Å². The maximum atomic E-state index is 5.64. The smallest absolute Gasteiger partial charge is 0.0623 e. The molecule has 2 rings (SSSR count). The molecular formula is C16H33NO. The highest BCUT2D eigenvalue weighted by Crippen LogP contribution is 2.34. The van der Waals surface area contributed by atoms with Gasteiger partial charge in [-0.25, -0.2) is 0 Å². The van der Waals surface area contributed by atoms with Gasteiger partial charge in [0.15, 0.2) is 0 Å². The Balaban J connectivity index is 0.000000184. The summed E-state index contributed by atoms with van der Waals surface area (Å²) >= 11 is 0. The number of piperidine rings is 1. The molecular weight excluding hydrogens is 222 g/mol. The van der Waals surface area contributed by atoms with E-state index in [1.807, 2.05) is 0 Å². The predicted molar refractivity (Wildman–Crippen MR) is 79.0 cm³/mol. The Morgan fingerprint density at radius 2 is 1.72 bits per heavy atom. The number of likely N-dealkylation sites (tertiary alicyclic amines) is 1. The van der Waals surface area contributed by atoms with Gasteiger partial charge in [0.1, 0.15) is 0 Å². The van der Waals surface area contributed by atoms with E-state index in [1.165, 1.54) is 51.7 Å². The third kappa shape index (κ3) is 5.27. The topological polar surface area (TPSA) is 12.5 Å². The normalized spacial score (nSPS) is 28.3. The monoisotopic (exact) mass is 255 g/mol. The first kappa shape index (κ1) is 16.0. The van der Waals surface area contributed by atoms with Crippen molar-refractivity contribution in [1.29, 1.82) is 0 Å². The minimum atomic E-state index is 0.424. The summed E-state index contributed by atoms with van der Waals surface area (Å²) < 4.78 is 5.64. The molecule has 108 valence electrons. The molecule has 1 atom stereocenters. The molecule has 2 heteroatoms. The van der Waals surface area contributed by atoms with E-state index in [9.17, 15) is 0 Å². The lowest BCUT2D eigenvalue weighted by Gasteiger charge is -2.37. The first-order chi connectivity index (χ1) is 8.60. The van der Waals surface area contributed by atoms with Crippen molar-refractivity contribution in [2.75, 3.05) is 26.2 Å². The number of rotatable bonds is 2. The molecule has 2 saturated heterocycles. The van der Waals surface area contributed by atoms with Crippen LogP contribution in [0.15, 0.2) is 0 Å².